The number of hydrogen-bond acceptors (Lipinski definition) is 6. The maximum Gasteiger partial charge on any atom is 0.258 e. The lowest BCUT2D eigenvalue weighted by molar-refractivity contribution is 0.0974. The molecule has 3 aromatic rings. The van der Waals surface area contributed by atoms with Crippen LogP contribution in [0.3, 0.4) is 0 Å². The molecule has 3 aromatic carbocycles. The Hall–Kier alpha value is -4.24. The number of halogens is 1. The Morgan fingerprint density at radius 1 is 0.882 bits per heavy atom. The molecule has 0 aromatic heterocycles. The summed E-state index contributed by atoms with van der Waals surface area (Å²) in [7, 11) is 4.35. The van der Waals surface area contributed by atoms with Crippen LogP contribution in [-0.2, 0) is 0 Å². The highest BCUT2D eigenvalue weighted by molar-refractivity contribution is 6.34. The van der Waals surface area contributed by atoms with Crippen molar-refractivity contribution in [3.63, 3.8) is 0 Å². The molecule has 10 heteroatoms. The fourth-order valence-corrected chi connectivity index (χ4v) is 3.25. The Kier molecular flexibility index (Phi) is 7.94. The van der Waals surface area contributed by atoms with Gasteiger partial charge in [-0.2, -0.15) is 0 Å². The SMILES string of the molecule is COc1cc(C(=O)NC(N)=Nc2ccc(Cl)c(C(=O)Nc3ccccc3)c2)cc(OC)c1OC. The van der Waals surface area contributed by atoms with Gasteiger partial charge in [0.2, 0.25) is 11.7 Å². The lowest BCUT2D eigenvalue weighted by atomic mass is 10.1. The highest BCUT2D eigenvalue weighted by Crippen LogP contribution is 2.38. The largest absolute Gasteiger partial charge is 0.493 e. The summed E-state index contributed by atoms with van der Waals surface area (Å²) >= 11 is 6.20. The lowest BCUT2D eigenvalue weighted by Gasteiger charge is -2.14. The number of amides is 2. The molecule has 0 saturated heterocycles. The molecule has 0 radical (unpaired) electrons. The second kappa shape index (κ2) is 11.1. The van der Waals surface area contributed by atoms with Gasteiger partial charge in [0.1, 0.15) is 0 Å². The first-order valence-electron chi connectivity index (χ1n) is 9.97. The standard InChI is InChI=1S/C24H23ClN4O5/c1-32-19-11-14(12-20(33-2)21(19)34-3)22(30)29-24(26)28-16-9-10-18(25)17(13-16)23(31)27-15-7-5-4-6-8-15/h4-13H,1-3H3,(H,27,31)(H3,26,28,29,30). The van der Waals surface area contributed by atoms with Crippen LogP contribution in [0.5, 0.6) is 17.2 Å². The van der Waals surface area contributed by atoms with Crippen LogP contribution in [0, 0.1) is 0 Å². The van der Waals surface area contributed by atoms with E-state index >= 15 is 0 Å². The number of methoxy groups -OCH3 is 3. The van der Waals surface area contributed by atoms with E-state index in [9.17, 15) is 9.59 Å². The molecule has 176 valence electrons. The fraction of sp³-hybridized carbons (Fsp3) is 0.125. The Balaban J connectivity index is 1.80. The Labute approximate surface area is 201 Å². The number of carbonyl (C=O) groups is 2. The van der Waals surface area contributed by atoms with Gasteiger partial charge in [-0.25, -0.2) is 4.99 Å². The molecule has 0 aliphatic carbocycles. The van der Waals surface area contributed by atoms with Crippen LogP contribution in [0.25, 0.3) is 0 Å². The van der Waals surface area contributed by atoms with Crippen molar-refractivity contribution in [3.8, 4) is 17.2 Å². The number of nitrogens with zero attached hydrogens (tertiary/aromatic N) is 1. The third-order valence-electron chi connectivity index (χ3n) is 4.64. The van der Waals surface area contributed by atoms with E-state index in [1.807, 2.05) is 6.07 Å². The number of benzene rings is 3. The van der Waals surface area contributed by atoms with Gasteiger partial charge in [-0.05, 0) is 42.5 Å². The minimum Gasteiger partial charge on any atom is -0.493 e. The summed E-state index contributed by atoms with van der Waals surface area (Å²) in [6.07, 6.45) is 0. The van der Waals surface area contributed by atoms with E-state index in [0.29, 0.717) is 28.6 Å². The third-order valence-corrected chi connectivity index (χ3v) is 4.97. The highest BCUT2D eigenvalue weighted by atomic mass is 35.5. The van der Waals surface area contributed by atoms with Gasteiger partial charge in [0.25, 0.3) is 11.8 Å². The van der Waals surface area contributed by atoms with Crippen molar-refractivity contribution in [2.45, 2.75) is 0 Å². The number of carbonyl (C=O) groups excluding carboxylic acids is 2. The number of nitrogens with one attached hydrogen (secondary N) is 2. The van der Waals surface area contributed by atoms with E-state index in [2.05, 4.69) is 15.6 Å². The summed E-state index contributed by atoms with van der Waals surface area (Å²) in [4.78, 5) is 29.5. The molecule has 4 N–H and O–H groups in total. The van der Waals surface area contributed by atoms with Crippen LogP contribution < -0.4 is 30.6 Å². The average Bonchev–Trinajstić information content (AvgIpc) is 2.84. The van der Waals surface area contributed by atoms with Crippen molar-refractivity contribution < 1.29 is 23.8 Å². The first-order chi connectivity index (χ1) is 16.4. The zero-order chi connectivity index (χ0) is 24.7. The first-order valence-corrected chi connectivity index (χ1v) is 10.4. The number of ether oxygens (including phenoxy) is 3. The van der Waals surface area contributed by atoms with Gasteiger partial charge in [-0.1, -0.05) is 29.8 Å². The van der Waals surface area contributed by atoms with Crippen LogP contribution >= 0.6 is 11.6 Å². The number of rotatable bonds is 7. The topological polar surface area (TPSA) is 124 Å². The van der Waals surface area contributed by atoms with Gasteiger partial charge in [0.15, 0.2) is 11.5 Å². The van der Waals surface area contributed by atoms with Crippen molar-refractivity contribution in [3.05, 3.63) is 76.8 Å². The molecule has 0 aliphatic heterocycles. The van der Waals surface area contributed by atoms with Crippen molar-refractivity contribution in [1.29, 1.82) is 0 Å². The Morgan fingerprint density at radius 2 is 1.53 bits per heavy atom. The van der Waals surface area contributed by atoms with E-state index in [4.69, 9.17) is 31.5 Å². The molecule has 0 heterocycles. The number of hydrogen-bond donors (Lipinski definition) is 3. The predicted octanol–water partition coefficient (Wildman–Crippen LogP) is 3.99. The summed E-state index contributed by atoms with van der Waals surface area (Å²) < 4.78 is 15.8. The molecule has 0 atom stereocenters. The van der Waals surface area contributed by atoms with E-state index in [1.165, 1.54) is 45.6 Å². The maximum atomic E-state index is 12.7. The number of guanidine groups is 1. The molecule has 9 nitrogen and oxygen atoms in total. The van der Waals surface area contributed by atoms with Crippen molar-refractivity contribution >= 4 is 40.7 Å². The quantitative estimate of drug-likeness (QED) is 0.345. The van der Waals surface area contributed by atoms with Gasteiger partial charge < -0.3 is 25.3 Å². The van der Waals surface area contributed by atoms with E-state index < -0.39 is 11.8 Å². The van der Waals surface area contributed by atoms with Crippen LogP contribution in [0.15, 0.2) is 65.7 Å². The molecule has 34 heavy (non-hydrogen) atoms. The van der Waals surface area contributed by atoms with Crippen LogP contribution in [0.2, 0.25) is 5.02 Å². The van der Waals surface area contributed by atoms with Gasteiger partial charge in [-0.3, -0.25) is 14.9 Å². The Morgan fingerprint density at radius 3 is 2.12 bits per heavy atom. The normalized spacial score (nSPS) is 10.9. The molecule has 0 unspecified atom stereocenters. The van der Waals surface area contributed by atoms with E-state index in [0.717, 1.165) is 0 Å². The summed E-state index contributed by atoms with van der Waals surface area (Å²) in [5.74, 6) is -0.158. The van der Waals surface area contributed by atoms with E-state index in [1.54, 1.807) is 30.3 Å². The number of para-hydroxylation sites is 1. The summed E-state index contributed by atoms with van der Waals surface area (Å²) in [5.41, 5.74) is 7.29. The molecular formula is C24H23ClN4O5. The minimum atomic E-state index is -0.545. The summed E-state index contributed by atoms with van der Waals surface area (Å²) in [6, 6.07) is 16.5. The number of aliphatic imine (C=N–C) groups is 1. The predicted molar refractivity (Wildman–Crippen MR) is 131 cm³/mol. The van der Waals surface area contributed by atoms with Gasteiger partial charge in [-0.15, -0.1) is 0 Å². The Bertz CT molecular complexity index is 1210. The first kappa shape index (κ1) is 24.4. The molecule has 0 fully saturated rings. The van der Waals surface area contributed by atoms with Crippen LogP contribution in [0.1, 0.15) is 20.7 Å². The average molecular weight is 483 g/mol. The van der Waals surface area contributed by atoms with Gasteiger partial charge >= 0.3 is 0 Å². The molecule has 0 spiro atoms. The van der Waals surface area contributed by atoms with Gasteiger partial charge in [0, 0.05) is 11.3 Å². The highest BCUT2D eigenvalue weighted by Gasteiger charge is 2.18. The smallest absolute Gasteiger partial charge is 0.258 e. The van der Waals surface area contributed by atoms with Gasteiger partial charge in [0.05, 0.1) is 37.6 Å². The molecule has 3 rings (SSSR count). The zero-order valence-electron chi connectivity index (χ0n) is 18.7. The minimum absolute atomic E-state index is 0.185. The molecule has 0 saturated carbocycles. The summed E-state index contributed by atoms with van der Waals surface area (Å²) in [6.45, 7) is 0. The van der Waals surface area contributed by atoms with Crippen molar-refractivity contribution in [2.24, 2.45) is 10.7 Å². The molecule has 2 amide bonds. The second-order valence-electron chi connectivity index (χ2n) is 6.85. The third kappa shape index (κ3) is 5.76. The van der Waals surface area contributed by atoms with Crippen molar-refractivity contribution in [2.75, 3.05) is 26.6 Å². The van der Waals surface area contributed by atoms with Crippen LogP contribution in [-0.4, -0.2) is 39.1 Å². The van der Waals surface area contributed by atoms with Crippen molar-refractivity contribution in [1.82, 2.24) is 5.32 Å². The maximum absolute atomic E-state index is 12.7. The molecular weight excluding hydrogens is 460 g/mol. The monoisotopic (exact) mass is 482 g/mol. The summed E-state index contributed by atoms with van der Waals surface area (Å²) in [5, 5.41) is 5.49. The lowest BCUT2D eigenvalue weighted by Crippen LogP contribution is -2.36. The number of anilines is 1. The molecule has 0 bridgehead atoms. The second-order valence-corrected chi connectivity index (χ2v) is 7.26. The molecule has 0 aliphatic rings. The fourth-order valence-electron chi connectivity index (χ4n) is 3.04. The van der Waals surface area contributed by atoms with Crippen LogP contribution in [0.4, 0.5) is 11.4 Å². The van der Waals surface area contributed by atoms with E-state index in [-0.39, 0.29) is 22.1 Å². The zero-order valence-corrected chi connectivity index (χ0v) is 19.5. The number of nitrogens with two attached hydrogens (primary N) is 1.